The van der Waals surface area contributed by atoms with E-state index in [2.05, 4.69) is 11.1 Å². The third-order valence-electron chi connectivity index (χ3n) is 2.13. The van der Waals surface area contributed by atoms with Crippen molar-refractivity contribution in [2.24, 2.45) is 0 Å². The Morgan fingerprint density at radius 3 is 2.69 bits per heavy atom. The summed E-state index contributed by atoms with van der Waals surface area (Å²) in [5.74, 6) is -0.268. The van der Waals surface area contributed by atoms with Crippen LogP contribution in [0.15, 0.2) is 30.5 Å². The molecule has 0 saturated carbocycles. The van der Waals surface area contributed by atoms with Gasteiger partial charge in [-0.2, -0.15) is 0 Å². The molecule has 2 rings (SSSR count). The van der Waals surface area contributed by atoms with Crippen molar-refractivity contribution in [1.29, 1.82) is 0 Å². The van der Waals surface area contributed by atoms with E-state index in [0.717, 1.165) is 0 Å². The van der Waals surface area contributed by atoms with Gasteiger partial charge in [-0.15, -0.1) is 0 Å². The van der Waals surface area contributed by atoms with Crippen molar-refractivity contribution in [3.8, 4) is 0 Å². The van der Waals surface area contributed by atoms with Crippen LogP contribution in [0.2, 0.25) is 10.0 Å². The fourth-order valence-electron chi connectivity index (χ4n) is 1.35. The first-order chi connectivity index (χ1) is 7.66. The van der Waals surface area contributed by atoms with Gasteiger partial charge in [0.05, 0.1) is 15.7 Å². The zero-order valence-corrected chi connectivity index (χ0v) is 9.69. The predicted octanol–water partition coefficient (Wildman–Crippen LogP) is 3.92. The van der Waals surface area contributed by atoms with E-state index in [4.69, 9.17) is 23.2 Å². The Morgan fingerprint density at radius 1 is 1.25 bits per heavy atom. The van der Waals surface area contributed by atoms with Gasteiger partial charge in [0.25, 0.3) is 0 Å². The smallest absolute Gasteiger partial charge is 0.126 e. The minimum Gasteiger partial charge on any atom is -0.258 e. The highest BCUT2D eigenvalue weighted by Crippen LogP contribution is 2.21. The predicted molar refractivity (Wildman–Crippen MR) is 62.3 cm³/mol. The molecule has 0 spiro atoms. The third kappa shape index (κ3) is 2.52. The molecule has 0 fully saturated rings. The summed E-state index contributed by atoms with van der Waals surface area (Å²) in [6, 6.07) is 9.24. The average Bonchev–Trinajstić information content (AvgIpc) is 2.25. The molecule has 2 aromatic rings. The molecule has 0 unspecified atom stereocenters. The van der Waals surface area contributed by atoms with Crippen molar-refractivity contribution in [2.75, 3.05) is 0 Å². The molecule has 0 N–H and O–H groups in total. The fraction of sp³-hybridized carbons (Fsp3) is 0.0833. The Hall–Kier alpha value is -1.12. The van der Waals surface area contributed by atoms with Crippen LogP contribution in [0.25, 0.3) is 0 Å². The topological polar surface area (TPSA) is 12.9 Å². The van der Waals surface area contributed by atoms with Crippen LogP contribution in [-0.4, -0.2) is 4.98 Å². The summed E-state index contributed by atoms with van der Waals surface area (Å²) in [5, 5.41) is 0.679. The SMILES string of the molecule is Fc1ccccc1Cc1ncc(Cl)[c]c1Cl. The number of nitrogens with zero attached hydrogens (tertiary/aromatic N) is 1. The Bertz CT molecular complexity index is 514. The van der Waals surface area contributed by atoms with E-state index in [-0.39, 0.29) is 5.82 Å². The number of hydrogen-bond acceptors (Lipinski definition) is 1. The van der Waals surface area contributed by atoms with Crippen molar-refractivity contribution in [1.82, 2.24) is 4.98 Å². The zero-order chi connectivity index (χ0) is 11.5. The number of halogens is 3. The van der Waals surface area contributed by atoms with E-state index >= 15 is 0 Å². The van der Waals surface area contributed by atoms with Gasteiger partial charge < -0.3 is 0 Å². The summed E-state index contributed by atoms with van der Waals surface area (Å²) in [7, 11) is 0. The van der Waals surface area contributed by atoms with Crippen molar-refractivity contribution in [3.05, 3.63) is 63.6 Å². The highest BCUT2D eigenvalue weighted by Gasteiger charge is 2.07. The summed E-state index contributed by atoms with van der Waals surface area (Å²) in [6.07, 6.45) is 1.78. The molecule has 0 aliphatic heterocycles. The van der Waals surface area contributed by atoms with Crippen molar-refractivity contribution >= 4 is 23.2 Å². The lowest BCUT2D eigenvalue weighted by atomic mass is 10.1. The number of benzene rings is 1. The first kappa shape index (κ1) is 11.4. The second-order valence-electron chi connectivity index (χ2n) is 3.26. The molecule has 1 nitrogen and oxygen atoms in total. The van der Waals surface area contributed by atoms with E-state index in [1.54, 1.807) is 18.2 Å². The monoisotopic (exact) mass is 254 g/mol. The number of pyridine rings is 1. The molecule has 16 heavy (non-hydrogen) atoms. The standard InChI is InChI=1S/C12H7Cl2FN/c13-9-6-10(14)12(16-7-9)5-8-3-1-2-4-11(8)15/h1-4,7H,5H2. The maximum absolute atomic E-state index is 13.4. The highest BCUT2D eigenvalue weighted by atomic mass is 35.5. The third-order valence-corrected chi connectivity index (χ3v) is 2.64. The van der Waals surface area contributed by atoms with Gasteiger partial charge in [-0.1, -0.05) is 41.4 Å². The Kier molecular flexibility index (Phi) is 3.42. The van der Waals surface area contributed by atoms with Crippen LogP contribution in [-0.2, 0) is 6.42 Å². The molecule has 0 atom stereocenters. The molecular weight excluding hydrogens is 248 g/mol. The second kappa shape index (κ2) is 4.81. The Morgan fingerprint density at radius 2 is 2.00 bits per heavy atom. The van der Waals surface area contributed by atoms with Crippen LogP contribution in [0.5, 0.6) is 0 Å². The Balaban J connectivity index is 2.31. The van der Waals surface area contributed by atoms with Crippen LogP contribution >= 0.6 is 23.2 Å². The molecule has 1 aromatic heterocycles. The minimum absolute atomic E-state index is 0.268. The molecule has 81 valence electrons. The van der Waals surface area contributed by atoms with Gasteiger partial charge in [-0.3, -0.25) is 4.98 Å². The maximum Gasteiger partial charge on any atom is 0.126 e. The lowest BCUT2D eigenvalue weighted by Crippen LogP contribution is -1.96. The maximum atomic E-state index is 13.4. The molecule has 1 radical (unpaired) electrons. The summed E-state index contributed by atoms with van der Waals surface area (Å²) in [5.41, 5.74) is 1.11. The quantitative estimate of drug-likeness (QED) is 0.792. The summed E-state index contributed by atoms with van der Waals surface area (Å²) >= 11 is 11.6. The molecular formula is C12H7Cl2FN. The van der Waals surface area contributed by atoms with Gasteiger partial charge in [-0.05, 0) is 11.6 Å². The van der Waals surface area contributed by atoms with E-state index in [1.807, 2.05) is 0 Å². The van der Waals surface area contributed by atoms with E-state index in [0.29, 0.717) is 27.7 Å². The average molecular weight is 255 g/mol. The van der Waals surface area contributed by atoms with Crippen LogP contribution < -0.4 is 0 Å². The number of rotatable bonds is 2. The molecule has 0 saturated heterocycles. The molecule has 0 bridgehead atoms. The number of aromatic nitrogens is 1. The van der Waals surface area contributed by atoms with Gasteiger partial charge in [0.1, 0.15) is 5.82 Å². The van der Waals surface area contributed by atoms with Gasteiger partial charge in [0.2, 0.25) is 0 Å². The Labute approximate surface area is 103 Å². The largest absolute Gasteiger partial charge is 0.258 e. The van der Waals surface area contributed by atoms with Crippen LogP contribution in [0.1, 0.15) is 11.3 Å². The molecule has 1 heterocycles. The van der Waals surface area contributed by atoms with Gasteiger partial charge in [0, 0.05) is 18.7 Å². The molecule has 0 aliphatic carbocycles. The minimum atomic E-state index is -0.268. The molecule has 1 aromatic carbocycles. The summed E-state index contributed by atoms with van der Waals surface area (Å²) in [4.78, 5) is 4.05. The van der Waals surface area contributed by atoms with E-state index < -0.39 is 0 Å². The van der Waals surface area contributed by atoms with Gasteiger partial charge >= 0.3 is 0 Å². The molecule has 0 amide bonds. The highest BCUT2D eigenvalue weighted by molar-refractivity contribution is 6.34. The van der Waals surface area contributed by atoms with Crippen LogP contribution in [0, 0.1) is 11.9 Å². The molecule has 4 heteroatoms. The van der Waals surface area contributed by atoms with Gasteiger partial charge in [-0.25, -0.2) is 4.39 Å². The fourth-order valence-corrected chi connectivity index (χ4v) is 1.75. The van der Waals surface area contributed by atoms with E-state index in [1.165, 1.54) is 12.3 Å². The lowest BCUT2D eigenvalue weighted by molar-refractivity contribution is 0.613. The van der Waals surface area contributed by atoms with Crippen molar-refractivity contribution in [3.63, 3.8) is 0 Å². The first-order valence-corrected chi connectivity index (χ1v) is 5.38. The summed E-state index contributed by atoms with van der Waals surface area (Å²) in [6.45, 7) is 0. The van der Waals surface area contributed by atoms with Crippen LogP contribution in [0.4, 0.5) is 4.39 Å². The van der Waals surface area contributed by atoms with Crippen LogP contribution in [0.3, 0.4) is 0 Å². The normalized spacial score (nSPS) is 10.4. The van der Waals surface area contributed by atoms with E-state index in [9.17, 15) is 4.39 Å². The first-order valence-electron chi connectivity index (χ1n) is 4.62. The number of hydrogen-bond donors (Lipinski definition) is 0. The second-order valence-corrected chi connectivity index (χ2v) is 4.05. The summed E-state index contributed by atoms with van der Waals surface area (Å²) < 4.78 is 13.4. The van der Waals surface area contributed by atoms with Crippen molar-refractivity contribution < 1.29 is 4.39 Å². The molecule has 0 aliphatic rings. The van der Waals surface area contributed by atoms with Gasteiger partial charge in [0.15, 0.2) is 0 Å². The zero-order valence-electron chi connectivity index (χ0n) is 8.17. The lowest BCUT2D eigenvalue weighted by Gasteiger charge is -2.04. The van der Waals surface area contributed by atoms with Crippen molar-refractivity contribution in [2.45, 2.75) is 6.42 Å².